The molecule has 3 aromatic carbocycles. The first-order valence-corrected chi connectivity index (χ1v) is 10.8. The van der Waals surface area contributed by atoms with Crippen LogP contribution in [0.25, 0.3) is 6.08 Å². The molecule has 0 radical (unpaired) electrons. The molecular weight excluding hydrogens is 384 g/mol. The first-order chi connectivity index (χ1) is 15.3. The molecule has 4 rings (SSSR count). The first kappa shape index (κ1) is 20.7. The fourth-order valence-corrected chi connectivity index (χ4v) is 3.70. The van der Waals surface area contributed by atoms with Crippen molar-refractivity contribution in [2.24, 2.45) is 5.10 Å². The third kappa shape index (κ3) is 5.15. The van der Waals surface area contributed by atoms with E-state index in [9.17, 15) is 0 Å². The van der Waals surface area contributed by atoms with Crippen molar-refractivity contribution in [2.75, 3.05) is 18.2 Å². The van der Waals surface area contributed by atoms with Gasteiger partial charge in [-0.05, 0) is 67.4 Å². The van der Waals surface area contributed by atoms with Crippen molar-refractivity contribution < 1.29 is 9.47 Å². The second-order valence-electron chi connectivity index (χ2n) is 7.33. The summed E-state index contributed by atoms with van der Waals surface area (Å²) in [4.78, 5) is 0. The van der Waals surface area contributed by atoms with Gasteiger partial charge in [0.1, 0.15) is 11.5 Å². The standard InChI is InChI=1S/C27H28N2O2/c1-3-30-25-16-11-21(12-17-25)10-15-23-20-27(22-13-18-26(19-14-22)31-4-2)29(28-23)24-8-6-5-7-9-24/h5-19,27H,3-4,20H2,1-2H3/b15-10+. The summed E-state index contributed by atoms with van der Waals surface area (Å²) in [7, 11) is 0. The number of hydrazone groups is 1. The largest absolute Gasteiger partial charge is 0.494 e. The number of hydrogen-bond donors (Lipinski definition) is 0. The molecule has 1 heterocycles. The Labute approximate surface area is 184 Å². The molecule has 0 saturated carbocycles. The van der Waals surface area contributed by atoms with Crippen molar-refractivity contribution in [1.82, 2.24) is 0 Å². The fraction of sp³-hybridized carbons (Fsp3) is 0.222. The predicted octanol–water partition coefficient (Wildman–Crippen LogP) is 6.50. The molecule has 31 heavy (non-hydrogen) atoms. The molecule has 0 bridgehead atoms. The summed E-state index contributed by atoms with van der Waals surface area (Å²) in [5.74, 6) is 1.79. The number of hydrogen-bond acceptors (Lipinski definition) is 4. The molecule has 0 aliphatic carbocycles. The number of nitrogens with zero attached hydrogens (tertiary/aromatic N) is 2. The average Bonchev–Trinajstić information content (AvgIpc) is 3.24. The van der Waals surface area contributed by atoms with Gasteiger partial charge in [-0.15, -0.1) is 0 Å². The molecule has 1 atom stereocenters. The van der Waals surface area contributed by atoms with E-state index in [1.54, 1.807) is 0 Å². The first-order valence-electron chi connectivity index (χ1n) is 10.8. The minimum atomic E-state index is 0.151. The summed E-state index contributed by atoms with van der Waals surface area (Å²) in [6, 6.07) is 27.0. The van der Waals surface area contributed by atoms with Crippen LogP contribution in [0.15, 0.2) is 90.0 Å². The Hall–Kier alpha value is -3.53. The predicted molar refractivity (Wildman–Crippen MR) is 128 cm³/mol. The fourth-order valence-electron chi connectivity index (χ4n) is 3.70. The lowest BCUT2D eigenvalue weighted by Gasteiger charge is -2.24. The number of para-hydroxylation sites is 1. The van der Waals surface area contributed by atoms with Crippen molar-refractivity contribution in [3.8, 4) is 11.5 Å². The quantitative estimate of drug-likeness (QED) is 0.423. The zero-order chi connectivity index (χ0) is 21.5. The maximum atomic E-state index is 5.60. The second kappa shape index (κ2) is 9.98. The zero-order valence-electron chi connectivity index (χ0n) is 18.1. The molecule has 1 aliphatic heterocycles. The van der Waals surface area contributed by atoms with E-state index in [2.05, 4.69) is 53.6 Å². The molecule has 0 amide bonds. The van der Waals surface area contributed by atoms with Gasteiger partial charge in [0.2, 0.25) is 0 Å². The van der Waals surface area contributed by atoms with Crippen LogP contribution in [-0.4, -0.2) is 18.9 Å². The Kier molecular flexibility index (Phi) is 6.68. The monoisotopic (exact) mass is 412 g/mol. The lowest BCUT2D eigenvalue weighted by Crippen LogP contribution is -2.18. The average molecular weight is 413 g/mol. The molecule has 158 valence electrons. The second-order valence-corrected chi connectivity index (χ2v) is 7.33. The van der Waals surface area contributed by atoms with Crippen molar-refractivity contribution in [3.63, 3.8) is 0 Å². The SMILES string of the molecule is CCOc1ccc(/C=C/C2=NN(c3ccccc3)C(c3ccc(OCC)cc3)C2)cc1. The minimum absolute atomic E-state index is 0.151. The van der Waals surface area contributed by atoms with Crippen LogP contribution in [0.5, 0.6) is 11.5 Å². The van der Waals surface area contributed by atoms with Gasteiger partial charge in [0, 0.05) is 6.42 Å². The van der Waals surface area contributed by atoms with Gasteiger partial charge in [0.15, 0.2) is 0 Å². The molecule has 4 heteroatoms. The molecule has 0 spiro atoms. The lowest BCUT2D eigenvalue weighted by atomic mass is 10.0. The Bertz CT molecular complexity index is 1030. The van der Waals surface area contributed by atoms with Gasteiger partial charge < -0.3 is 9.47 Å². The van der Waals surface area contributed by atoms with Crippen LogP contribution in [0.4, 0.5) is 5.69 Å². The number of benzene rings is 3. The van der Waals surface area contributed by atoms with E-state index in [1.165, 1.54) is 5.56 Å². The van der Waals surface area contributed by atoms with Gasteiger partial charge >= 0.3 is 0 Å². The highest BCUT2D eigenvalue weighted by Gasteiger charge is 2.28. The van der Waals surface area contributed by atoms with Crippen molar-refractivity contribution in [2.45, 2.75) is 26.3 Å². The highest BCUT2D eigenvalue weighted by Crippen LogP contribution is 2.36. The van der Waals surface area contributed by atoms with Gasteiger partial charge in [-0.25, -0.2) is 0 Å². The van der Waals surface area contributed by atoms with Crippen molar-refractivity contribution >= 4 is 17.5 Å². The van der Waals surface area contributed by atoms with Crippen LogP contribution in [-0.2, 0) is 0 Å². The van der Waals surface area contributed by atoms with Crippen LogP contribution in [0.1, 0.15) is 37.4 Å². The highest BCUT2D eigenvalue weighted by molar-refractivity contribution is 6.01. The van der Waals surface area contributed by atoms with Crippen LogP contribution in [0.3, 0.4) is 0 Å². The maximum Gasteiger partial charge on any atom is 0.119 e. The van der Waals surface area contributed by atoms with Crippen LogP contribution in [0.2, 0.25) is 0 Å². The van der Waals surface area contributed by atoms with E-state index in [4.69, 9.17) is 14.6 Å². The van der Waals surface area contributed by atoms with E-state index < -0.39 is 0 Å². The van der Waals surface area contributed by atoms with E-state index in [-0.39, 0.29) is 6.04 Å². The molecule has 3 aromatic rings. The summed E-state index contributed by atoms with van der Waals surface area (Å²) in [5, 5.41) is 7.06. The van der Waals surface area contributed by atoms with E-state index >= 15 is 0 Å². The summed E-state index contributed by atoms with van der Waals surface area (Å²) < 4.78 is 11.1. The van der Waals surface area contributed by atoms with Crippen LogP contribution < -0.4 is 14.5 Å². The summed E-state index contributed by atoms with van der Waals surface area (Å²) in [6.07, 6.45) is 5.06. The van der Waals surface area contributed by atoms with Crippen LogP contribution in [0, 0.1) is 0 Å². The van der Waals surface area contributed by atoms with Crippen molar-refractivity contribution in [3.05, 3.63) is 96.1 Å². The smallest absolute Gasteiger partial charge is 0.119 e. The molecule has 4 nitrogen and oxygen atoms in total. The van der Waals surface area contributed by atoms with Gasteiger partial charge in [-0.1, -0.05) is 48.5 Å². The Morgan fingerprint density at radius 2 is 1.42 bits per heavy atom. The third-order valence-electron chi connectivity index (χ3n) is 5.19. The maximum absolute atomic E-state index is 5.60. The number of ether oxygens (including phenoxy) is 2. The molecular formula is C27H28N2O2. The Balaban J connectivity index is 1.56. The normalized spacial score (nSPS) is 15.9. The summed E-state index contributed by atoms with van der Waals surface area (Å²) in [5.41, 5.74) is 4.49. The van der Waals surface area contributed by atoms with Gasteiger partial charge in [-0.3, -0.25) is 5.01 Å². The number of rotatable bonds is 8. The number of allylic oxidation sites excluding steroid dienone is 1. The molecule has 0 saturated heterocycles. The van der Waals surface area contributed by atoms with E-state index in [0.717, 1.165) is 34.9 Å². The zero-order valence-corrected chi connectivity index (χ0v) is 18.1. The van der Waals surface area contributed by atoms with Gasteiger partial charge in [0.25, 0.3) is 0 Å². The van der Waals surface area contributed by atoms with Gasteiger partial charge in [0.05, 0.1) is 30.7 Å². The van der Waals surface area contributed by atoms with E-state index in [0.29, 0.717) is 13.2 Å². The van der Waals surface area contributed by atoms with Crippen molar-refractivity contribution in [1.29, 1.82) is 0 Å². The van der Waals surface area contributed by atoms with Gasteiger partial charge in [-0.2, -0.15) is 5.10 Å². The minimum Gasteiger partial charge on any atom is -0.494 e. The highest BCUT2D eigenvalue weighted by atomic mass is 16.5. The molecule has 1 unspecified atom stereocenters. The third-order valence-corrected chi connectivity index (χ3v) is 5.19. The Morgan fingerprint density at radius 3 is 2.03 bits per heavy atom. The summed E-state index contributed by atoms with van der Waals surface area (Å²) >= 11 is 0. The van der Waals surface area contributed by atoms with E-state index in [1.807, 2.05) is 56.3 Å². The topological polar surface area (TPSA) is 34.1 Å². The lowest BCUT2D eigenvalue weighted by molar-refractivity contribution is 0.340. The number of anilines is 1. The Morgan fingerprint density at radius 1 is 0.806 bits per heavy atom. The molecule has 0 N–H and O–H groups in total. The summed E-state index contributed by atoms with van der Waals surface area (Å²) in [6.45, 7) is 5.33. The molecule has 0 fully saturated rings. The molecule has 0 aromatic heterocycles. The molecule has 1 aliphatic rings. The van der Waals surface area contributed by atoms with Crippen LogP contribution >= 0.6 is 0 Å².